The molecule has 1 rings (SSSR count). The molecular formula is C9H11ClN2O4S. The van der Waals surface area contributed by atoms with E-state index in [-0.39, 0.29) is 23.0 Å². The van der Waals surface area contributed by atoms with Crippen LogP contribution < -0.4 is 4.72 Å². The first-order valence-corrected chi connectivity index (χ1v) is 6.65. The lowest BCUT2D eigenvalue weighted by Crippen LogP contribution is -2.19. The van der Waals surface area contributed by atoms with Crippen molar-refractivity contribution < 1.29 is 17.9 Å². The Morgan fingerprint density at radius 3 is 2.88 bits per heavy atom. The topological polar surface area (TPSA) is 85.4 Å². The van der Waals surface area contributed by atoms with Gasteiger partial charge in [-0.25, -0.2) is 13.4 Å². The minimum Gasteiger partial charge on any atom is -0.469 e. The highest BCUT2D eigenvalue weighted by atomic mass is 35.5. The number of ether oxygens (including phenoxy) is 1. The first-order chi connectivity index (χ1) is 7.94. The maximum Gasteiger partial charge on any atom is 0.306 e. The van der Waals surface area contributed by atoms with Gasteiger partial charge in [-0.05, 0) is 12.1 Å². The van der Waals surface area contributed by atoms with E-state index in [1.54, 1.807) is 6.07 Å². The number of anilines is 1. The SMILES string of the molecule is COC(=O)CCS(=O)(=O)Nc1cccnc1Cl. The van der Waals surface area contributed by atoms with Gasteiger partial charge in [0.25, 0.3) is 0 Å². The largest absolute Gasteiger partial charge is 0.469 e. The quantitative estimate of drug-likeness (QED) is 0.642. The van der Waals surface area contributed by atoms with E-state index in [2.05, 4.69) is 14.4 Å². The number of pyridine rings is 1. The molecule has 94 valence electrons. The van der Waals surface area contributed by atoms with Crippen LogP contribution in [0.15, 0.2) is 18.3 Å². The zero-order valence-corrected chi connectivity index (χ0v) is 10.6. The van der Waals surface area contributed by atoms with Crippen LogP contribution in [0, 0.1) is 0 Å². The predicted octanol–water partition coefficient (Wildman–Crippen LogP) is 1.04. The molecule has 8 heteroatoms. The van der Waals surface area contributed by atoms with E-state index < -0.39 is 16.0 Å². The third-order valence-corrected chi connectivity index (χ3v) is 3.40. The third-order valence-electron chi connectivity index (χ3n) is 1.83. The molecular weight excluding hydrogens is 268 g/mol. The van der Waals surface area contributed by atoms with Gasteiger partial charge in [-0.2, -0.15) is 0 Å². The van der Waals surface area contributed by atoms with Crippen molar-refractivity contribution in [1.29, 1.82) is 0 Å². The monoisotopic (exact) mass is 278 g/mol. The maximum atomic E-state index is 11.6. The Bertz CT molecular complexity index is 503. The highest BCUT2D eigenvalue weighted by Gasteiger charge is 2.15. The number of methoxy groups -OCH3 is 1. The molecule has 0 saturated heterocycles. The summed E-state index contributed by atoms with van der Waals surface area (Å²) in [5.41, 5.74) is 0.180. The lowest BCUT2D eigenvalue weighted by molar-refractivity contribution is -0.140. The van der Waals surface area contributed by atoms with Crippen LogP contribution in [0.4, 0.5) is 5.69 Å². The summed E-state index contributed by atoms with van der Waals surface area (Å²) < 4.78 is 29.7. The third kappa shape index (κ3) is 4.58. The molecule has 0 aliphatic carbocycles. The van der Waals surface area contributed by atoms with E-state index in [1.807, 2.05) is 0 Å². The summed E-state index contributed by atoms with van der Waals surface area (Å²) in [6.07, 6.45) is 1.22. The van der Waals surface area contributed by atoms with Crippen LogP contribution in [0.2, 0.25) is 5.15 Å². The predicted molar refractivity (Wildman–Crippen MR) is 63.3 cm³/mol. The second-order valence-corrected chi connectivity index (χ2v) is 5.29. The number of carbonyl (C=O) groups excluding carboxylic acids is 1. The van der Waals surface area contributed by atoms with Crippen LogP contribution in [-0.2, 0) is 19.6 Å². The average Bonchev–Trinajstić information content (AvgIpc) is 2.29. The lowest BCUT2D eigenvalue weighted by atomic mass is 10.4. The van der Waals surface area contributed by atoms with Crippen LogP contribution in [0.3, 0.4) is 0 Å². The Morgan fingerprint density at radius 2 is 2.29 bits per heavy atom. The Kier molecular flexibility index (Phi) is 4.71. The molecule has 0 amide bonds. The minimum absolute atomic E-state index is 0.0501. The van der Waals surface area contributed by atoms with Crippen molar-refractivity contribution in [1.82, 2.24) is 4.98 Å². The number of hydrogen-bond donors (Lipinski definition) is 1. The van der Waals surface area contributed by atoms with E-state index in [9.17, 15) is 13.2 Å². The summed E-state index contributed by atoms with van der Waals surface area (Å²) in [4.78, 5) is 14.5. The van der Waals surface area contributed by atoms with Crippen molar-refractivity contribution in [2.45, 2.75) is 6.42 Å². The first-order valence-electron chi connectivity index (χ1n) is 4.62. The molecule has 1 N–H and O–H groups in total. The Labute approximate surface area is 104 Å². The first kappa shape index (κ1) is 13.7. The number of halogens is 1. The molecule has 0 aliphatic rings. The highest BCUT2D eigenvalue weighted by molar-refractivity contribution is 7.92. The molecule has 17 heavy (non-hydrogen) atoms. The molecule has 1 heterocycles. The molecule has 1 aromatic heterocycles. The van der Waals surface area contributed by atoms with Gasteiger partial charge in [0.1, 0.15) is 0 Å². The van der Waals surface area contributed by atoms with Crippen molar-refractivity contribution in [2.24, 2.45) is 0 Å². The maximum absolute atomic E-state index is 11.6. The standard InChI is InChI=1S/C9H11ClN2O4S/c1-16-8(13)4-6-17(14,15)12-7-3-2-5-11-9(7)10/h2-3,5,12H,4,6H2,1H3. The van der Waals surface area contributed by atoms with Gasteiger partial charge in [-0.3, -0.25) is 9.52 Å². The fourth-order valence-corrected chi connectivity index (χ4v) is 2.26. The number of rotatable bonds is 5. The van der Waals surface area contributed by atoms with Crippen LogP contribution in [0.5, 0.6) is 0 Å². The van der Waals surface area contributed by atoms with Crippen LogP contribution in [-0.4, -0.2) is 32.2 Å². The number of aromatic nitrogens is 1. The Balaban J connectivity index is 2.67. The molecule has 0 aromatic carbocycles. The number of esters is 1. The molecule has 6 nitrogen and oxygen atoms in total. The molecule has 0 bridgehead atoms. The van der Waals surface area contributed by atoms with Crippen molar-refractivity contribution in [3.05, 3.63) is 23.5 Å². The summed E-state index contributed by atoms with van der Waals surface area (Å²) >= 11 is 5.69. The fourth-order valence-electron chi connectivity index (χ4n) is 1.00. The molecule has 0 saturated carbocycles. The number of sulfonamides is 1. The molecule has 1 aromatic rings. The van der Waals surface area contributed by atoms with Crippen LogP contribution >= 0.6 is 11.6 Å². The summed E-state index contributed by atoms with van der Waals surface area (Å²) in [6, 6.07) is 3.02. The zero-order chi connectivity index (χ0) is 12.9. The Hall–Kier alpha value is -1.34. The lowest BCUT2D eigenvalue weighted by Gasteiger charge is -2.07. The Morgan fingerprint density at radius 1 is 1.59 bits per heavy atom. The molecule has 0 atom stereocenters. The highest BCUT2D eigenvalue weighted by Crippen LogP contribution is 2.18. The van der Waals surface area contributed by atoms with Gasteiger partial charge in [0.05, 0.1) is 25.0 Å². The van der Waals surface area contributed by atoms with E-state index in [4.69, 9.17) is 11.6 Å². The van der Waals surface area contributed by atoms with Crippen molar-refractivity contribution in [3.8, 4) is 0 Å². The van der Waals surface area contributed by atoms with Crippen molar-refractivity contribution in [2.75, 3.05) is 17.6 Å². The molecule has 0 fully saturated rings. The van der Waals surface area contributed by atoms with Gasteiger partial charge < -0.3 is 4.74 Å². The second-order valence-electron chi connectivity index (χ2n) is 3.09. The van der Waals surface area contributed by atoms with Crippen LogP contribution in [0.25, 0.3) is 0 Å². The summed E-state index contributed by atoms with van der Waals surface area (Å²) in [5, 5.41) is 0.0501. The van der Waals surface area contributed by atoms with Gasteiger partial charge in [-0.1, -0.05) is 11.6 Å². The van der Waals surface area contributed by atoms with Gasteiger partial charge in [0.2, 0.25) is 10.0 Å². The normalized spacial score (nSPS) is 10.9. The summed E-state index contributed by atoms with van der Waals surface area (Å²) in [5.74, 6) is -0.960. The summed E-state index contributed by atoms with van der Waals surface area (Å²) in [6.45, 7) is 0. The smallest absolute Gasteiger partial charge is 0.306 e. The minimum atomic E-state index is -3.64. The van der Waals surface area contributed by atoms with Crippen molar-refractivity contribution >= 4 is 33.3 Å². The molecule has 0 radical (unpaired) electrons. The van der Waals surface area contributed by atoms with E-state index in [0.717, 1.165) is 0 Å². The average molecular weight is 279 g/mol. The number of hydrogen-bond acceptors (Lipinski definition) is 5. The van der Waals surface area contributed by atoms with E-state index >= 15 is 0 Å². The van der Waals surface area contributed by atoms with Crippen molar-refractivity contribution in [3.63, 3.8) is 0 Å². The zero-order valence-electron chi connectivity index (χ0n) is 9.01. The van der Waals surface area contributed by atoms with Gasteiger partial charge in [-0.15, -0.1) is 0 Å². The van der Waals surface area contributed by atoms with Gasteiger partial charge in [0.15, 0.2) is 5.15 Å². The second kappa shape index (κ2) is 5.83. The number of nitrogens with one attached hydrogen (secondary N) is 1. The van der Waals surface area contributed by atoms with Gasteiger partial charge in [0, 0.05) is 6.20 Å². The van der Waals surface area contributed by atoms with Crippen LogP contribution in [0.1, 0.15) is 6.42 Å². The molecule has 0 unspecified atom stereocenters. The van der Waals surface area contributed by atoms with E-state index in [1.165, 1.54) is 19.4 Å². The fraction of sp³-hybridized carbons (Fsp3) is 0.333. The molecule has 0 spiro atoms. The van der Waals surface area contributed by atoms with E-state index in [0.29, 0.717) is 0 Å². The molecule has 0 aliphatic heterocycles. The van der Waals surface area contributed by atoms with Gasteiger partial charge >= 0.3 is 5.97 Å². The number of carbonyl (C=O) groups is 1. The summed E-state index contributed by atoms with van der Waals surface area (Å²) in [7, 11) is -2.44. The number of nitrogens with zero attached hydrogens (tertiary/aromatic N) is 1.